The number of nitrogens with zero attached hydrogens (tertiary/aromatic N) is 3. The van der Waals surface area contributed by atoms with Gasteiger partial charge in [-0.1, -0.05) is 62.7 Å². The van der Waals surface area contributed by atoms with Gasteiger partial charge in [-0.15, -0.1) is 0 Å². The van der Waals surface area contributed by atoms with Gasteiger partial charge in [-0.2, -0.15) is 0 Å². The van der Waals surface area contributed by atoms with Gasteiger partial charge in [0, 0.05) is 13.0 Å². The van der Waals surface area contributed by atoms with Crippen molar-refractivity contribution in [3.63, 3.8) is 0 Å². The Morgan fingerprint density at radius 1 is 1.07 bits per heavy atom. The van der Waals surface area contributed by atoms with Crippen LogP contribution in [0.25, 0.3) is 10.9 Å². The Morgan fingerprint density at radius 2 is 1.76 bits per heavy atom. The van der Waals surface area contributed by atoms with Crippen molar-refractivity contribution in [1.29, 1.82) is 0 Å². The molecule has 0 saturated carbocycles. The van der Waals surface area contributed by atoms with Crippen molar-refractivity contribution in [2.75, 3.05) is 6.54 Å². The molecule has 0 saturated heterocycles. The molecule has 0 aliphatic heterocycles. The van der Waals surface area contributed by atoms with Crippen molar-refractivity contribution in [1.82, 2.24) is 14.5 Å². The maximum atomic E-state index is 13.4. The molecule has 1 aromatic heterocycles. The lowest BCUT2D eigenvalue weighted by Crippen LogP contribution is -2.38. The molecule has 0 unspecified atom stereocenters. The topological polar surface area (TPSA) is 55.2 Å². The van der Waals surface area contributed by atoms with E-state index in [2.05, 4.69) is 6.92 Å². The van der Waals surface area contributed by atoms with Crippen LogP contribution in [0.4, 0.5) is 0 Å². The minimum absolute atomic E-state index is 0.0688. The summed E-state index contributed by atoms with van der Waals surface area (Å²) in [4.78, 5) is 32.7. The quantitative estimate of drug-likeness (QED) is 0.566. The summed E-state index contributed by atoms with van der Waals surface area (Å²) in [5.41, 5.74) is 1.63. The van der Waals surface area contributed by atoms with Crippen molar-refractivity contribution in [3.05, 3.63) is 76.3 Å². The van der Waals surface area contributed by atoms with Crippen LogP contribution in [0.15, 0.2) is 59.4 Å². The van der Waals surface area contributed by atoms with Gasteiger partial charge < -0.3 is 4.90 Å². The van der Waals surface area contributed by atoms with Crippen LogP contribution >= 0.6 is 0 Å². The molecule has 0 N–H and O–H groups in total. The summed E-state index contributed by atoms with van der Waals surface area (Å²) in [6.07, 6.45) is 2.36. The van der Waals surface area contributed by atoms with Crippen molar-refractivity contribution in [2.45, 2.75) is 52.6 Å². The van der Waals surface area contributed by atoms with Crippen molar-refractivity contribution in [3.8, 4) is 0 Å². The summed E-state index contributed by atoms with van der Waals surface area (Å²) < 4.78 is 1.73. The summed E-state index contributed by atoms with van der Waals surface area (Å²) in [6.45, 7) is 7.05. The van der Waals surface area contributed by atoms with Crippen LogP contribution in [-0.4, -0.2) is 26.9 Å². The highest BCUT2D eigenvalue weighted by atomic mass is 16.2. The largest absolute Gasteiger partial charge is 0.333 e. The molecule has 0 fully saturated rings. The Bertz CT molecular complexity index is 1030. The smallest absolute Gasteiger partial charge is 0.261 e. The van der Waals surface area contributed by atoms with Gasteiger partial charge in [0.15, 0.2) is 0 Å². The van der Waals surface area contributed by atoms with E-state index in [1.807, 2.05) is 73.3 Å². The number of fused-ring (bicyclic) bond motifs is 1. The number of rotatable bonds is 8. The highest BCUT2D eigenvalue weighted by Gasteiger charge is 2.25. The number of aromatic nitrogens is 2. The fraction of sp³-hybridized carbons (Fsp3) is 0.375. The van der Waals surface area contributed by atoms with Crippen LogP contribution in [0.1, 0.15) is 57.5 Å². The molecule has 3 aromatic rings. The van der Waals surface area contributed by atoms with Gasteiger partial charge in [0.05, 0.1) is 23.5 Å². The first kappa shape index (κ1) is 20.8. The summed E-state index contributed by atoms with van der Waals surface area (Å²) in [7, 11) is 0. The van der Waals surface area contributed by atoms with Gasteiger partial charge in [-0.25, -0.2) is 4.98 Å². The van der Waals surface area contributed by atoms with Crippen LogP contribution in [0.3, 0.4) is 0 Å². The molecule has 0 spiro atoms. The summed E-state index contributed by atoms with van der Waals surface area (Å²) in [5.74, 6) is 0.718. The van der Waals surface area contributed by atoms with Gasteiger partial charge in [-0.05, 0) is 31.0 Å². The molecule has 5 heteroatoms. The molecule has 0 aliphatic carbocycles. The van der Waals surface area contributed by atoms with Crippen molar-refractivity contribution in [2.24, 2.45) is 0 Å². The number of hydrogen-bond acceptors (Lipinski definition) is 3. The summed E-state index contributed by atoms with van der Waals surface area (Å²) in [6, 6.07) is 17.0. The van der Waals surface area contributed by atoms with E-state index in [1.54, 1.807) is 4.57 Å². The third-order valence-electron chi connectivity index (χ3n) is 5.29. The lowest BCUT2D eigenvalue weighted by molar-refractivity contribution is -0.133. The Morgan fingerprint density at radius 3 is 2.45 bits per heavy atom. The number of para-hydroxylation sites is 1. The molecule has 152 valence electrons. The number of hydrogen-bond donors (Lipinski definition) is 0. The predicted molar refractivity (Wildman–Crippen MR) is 117 cm³/mol. The lowest BCUT2D eigenvalue weighted by Gasteiger charge is -2.30. The fourth-order valence-electron chi connectivity index (χ4n) is 3.63. The minimum Gasteiger partial charge on any atom is -0.333 e. The SMILES string of the molecule is CCCCN(C(=O)CC)[C@@H](C)c1nc2ccccc2c(=O)n1Cc1ccccc1. The zero-order chi connectivity index (χ0) is 20.8. The monoisotopic (exact) mass is 391 g/mol. The molecule has 1 heterocycles. The maximum absolute atomic E-state index is 13.4. The highest BCUT2D eigenvalue weighted by molar-refractivity contribution is 5.78. The Balaban J connectivity index is 2.14. The standard InChI is InChI=1S/C24H29N3O2/c1-4-6-16-26(22(28)5-2)18(3)23-25-21-15-11-10-14-20(21)24(29)27(23)17-19-12-8-7-9-13-19/h7-15,18H,4-6,16-17H2,1-3H3/t18-/m0/s1. The van der Waals surface area contributed by atoms with Crippen LogP contribution in [0.5, 0.6) is 0 Å². The third-order valence-corrected chi connectivity index (χ3v) is 5.29. The number of carbonyl (C=O) groups excluding carboxylic acids is 1. The molecule has 0 bridgehead atoms. The van der Waals surface area contributed by atoms with E-state index in [0.717, 1.165) is 18.4 Å². The second-order valence-electron chi connectivity index (χ2n) is 7.33. The second-order valence-corrected chi connectivity index (χ2v) is 7.33. The van der Waals surface area contributed by atoms with E-state index in [-0.39, 0.29) is 17.5 Å². The molecule has 29 heavy (non-hydrogen) atoms. The molecular formula is C24H29N3O2. The van der Waals surface area contributed by atoms with E-state index in [0.29, 0.717) is 36.2 Å². The van der Waals surface area contributed by atoms with E-state index >= 15 is 0 Å². The number of carbonyl (C=O) groups is 1. The van der Waals surface area contributed by atoms with Gasteiger partial charge in [0.25, 0.3) is 5.56 Å². The number of unbranched alkanes of at least 4 members (excludes halogenated alkanes) is 1. The maximum Gasteiger partial charge on any atom is 0.261 e. The molecule has 5 nitrogen and oxygen atoms in total. The van der Waals surface area contributed by atoms with Gasteiger partial charge in [0.1, 0.15) is 5.82 Å². The van der Waals surface area contributed by atoms with Gasteiger partial charge in [-0.3, -0.25) is 14.2 Å². The fourth-order valence-corrected chi connectivity index (χ4v) is 3.63. The van der Waals surface area contributed by atoms with E-state index < -0.39 is 0 Å². The molecule has 0 radical (unpaired) electrons. The molecular weight excluding hydrogens is 362 g/mol. The van der Waals surface area contributed by atoms with E-state index in [4.69, 9.17) is 4.98 Å². The van der Waals surface area contributed by atoms with Crippen LogP contribution < -0.4 is 5.56 Å². The first-order valence-electron chi connectivity index (χ1n) is 10.4. The molecule has 3 rings (SSSR count). The zero-order valence-electron chi connectivity index (χ0n) is 17.5. The molecule has 2 aromatic carbocycles. The van der Waals surface area contributed by atoms with Crippen molar-refractivity contribution < 1.29 is 4.79 Å². The van der Waals surface area contributed by atoms with Gasteiger partial charge in [0.2, 0.25) is 5.91 Å². The van der Waals surface area contributed by atoms with Gasteiger partial charge >= 0.3 is 0 Å². The number of amides is 1. The Labute approximate surface area is 172 Å². The van der Waals surface area contributed by atoms with Crippen LogP contribution in [-0.2, 0) is 11.3 Å². The zero-order valence-corrected chi connectivity index (χ0v) is 17.5. The normalized spacial score (nSPS) is 12.1. The van der Waals surface area contributed by atoms with Crippen LogP contribution in [0, 0.1) is 0 Å². The predicted octanol–water partition coefficient (Wildman–Crippen LogP) is 4.54. The molecule has 1 amide bonds. The van der Waals surface area contributed by atoms with E-state index in [9.17, 15) is 9.59 Å². The highest BCUT2D eigenvalue weighted by Crippen LogP contribution is 2.22. The van der Waals surface area contributed by atoms with Crippen LogP contribution in [0.2, 0.25) is 0 Å². The number of benzene rings is 2. The lowest BCUT2D eigenvalue weighted by atomic mass is 10.1. The summed E-state index contributed by atoms with van der Waals surface area (Å²) in [5, 5.41) is 0.598. The molecule has 1 atom stereocenters. The molecule has 0 aliphatic rings. The second kappa shape index (κ2) is 9.50. The average molecular weight is 392 g/mol. The Kier molecular flexibility index (Phi) is 6.81. The average Bonchev–Trinajstić information content (AvgIpc) is 2.76. The summed E-state index contributed by atoms with van der Waals surface area (Å²) >= 11 is 0. The Hall–Kier alpha value is -2.95. The van der Waals surface area contributed by atoms with E-state index in [1.165, 1.54) is 0 Å². The first-order chi connectivity index (χ1) is 14.1. The third kappa shape index (κ3) is 4.56. The first-order valence-corrected chi connectivity index (χ1v) is 10.4. The minimum atomic E-state index is -0.282. The van der Waals surface area contributed by atoms with Crippen molar-refractivity contribution >= 4 is 16.8 Å².